The van der Waals surface area contributed by atoms with E-state index in [-0.39, 0.29) is 11.5 Å². The number of aryl methyl sites for hydroxylation is 2. The lowest BCUT2D eigenvalue weighted by atomic mass is 9.97. The summed E-state index contributed by atoms with van der Waals surface area (Å²) >= 11 is 3.13. The van der Waals surface area contributed by atoms with Gasteiger partial charge in [-0.15, -0.1) is 23.1 Å². The molecule has 1 aliphatic carbocycles. The van der Waals surface area contributed by atoms with Gasteiger partial charge in [-0.2, -0.15) is 0 Å². The van der Waals surface area contributed by atoms with E-state index in [9.17, 15) is 9.59 Å². The van der Waals surface area contributed by atoms with Crippen LogP contribution in [0.2, 0.25) is 0 Å². The number of thioether (sulfide) groups is 1. The van der Waals surface area contributed by atoms with Crippen LogP contribution in [-0.2, 0) is 23.4 Å². The number of rotatable bonds is 6. The highest BCUT2D eigenvalue weighted by atomic mass is 32.2. The third-order valence-corrected chi connectivity index (χ3v) is 8.10. The topological polar surface area (TPSA) is 78.1 Å². The molecule has 162 valence electrons. The van der Waals surface area contributed by atoms with E-state index in [1.165, 1.54) is 41.5 Å². The Morgan fingerprint density at radius 3 is 2.84 bits per heavy atom. The van der Waals surface area contributed by atoms with E-state index in [2.05, 4.69) is 21.3 Å². The van der Waals surface area contributed by atoms with Crippen LogP contribution in [0, 0.1) is 0 Å². The third kappa shape index (κ3) is 4.36. The summed E-state index contributed by atoms with van der Waals surface area (Å²) in [6.07, 6.45) is 6.76. The average molecular weight is 455 g/mol. The Balaban J connectivity index is 1.22. The Morgan fingerprint density at radius 1 is 1.16 bits per heavy atom. The standard InChI is InChI=1S/C23H26N4O2S2/c28-20(24-16-8-2-3-9-17(16)27-11-5-6-12-27)14-30-13-19-25-22(29)21-15-7-1-4-10-18(15)31-23(21)26-19/h2-3,8-9H,1,4-7,10-14H2,(H,24,28)(H,25,26,29). The zero-order valence-electron chi connectivity index (χ0n) is 17.4. The fourth-order valence-electron chi connectivity index (χ4n) is 4.52. The molecule has 31 heavy (non-hydrogen) atoms. The van der Waals surface area contributed by atoms with Gasteiger partial charge in [0.15, 0.2) is 0 Å². The summed E-state index contributed by atoms with van der Waals surface area (Å²) in [6, 6.07) is 7.99. The summed E-state index contributed by atoms with van der Waals surface area (Å²) < 4.78 is 0. The van der Waals surface area contributed by atoms with Crippen molar-refractivity contribution >= 4 is 50.6 Å². The molecular formula is C23H26N4O2S2. The number of H-pyrrole nitrogens is 1. The molecule has 3 aromatic rings. The zero-order chi connectivity index (χ0) is 21.2. The summed E-state index contributed by atoms with van der Waals surface area (Å²) in [5.41, 5.74) is 3.13. The number of nitrogens with zero attached hydrogens (tertiary/aromatic N) is 2. The van der Waals surface area contributed by atoms with E-state index in [1.807, 2.05) is 18.2 Å². The average Bonchev–Trinajstić information content (AvgIpc) is 3.42. The normalized spacial score (nSPS) is 15.9. The van der Waals surface area contributed by atoms with Crippen molar-refractivity contribution in [2.45, 2.75) is 44.3 Å². The number of fused-ring (bicyclic) bond motifs is 3. The molecule has 0 radical (unpaired) electrons. The molecule has 1 aromatic carbocycles. The molecule has 0 saturated carbocycles. The van der Waals surface area contributed by atoms with Gasteiger partial charge in [-0.3, -0.25) is 9.59 Å². The number of aromatic amines is 1. The maximum atomic E-state index is 12.7. The second kappa shape index (κ2) is 9.04. The van der Waals surface area contributed by atoms with Crippen molar-refractivity contribution < 1.29 is 4.79 Å². The number of aromatic nitrogens is 2. The maximum absolute atomic E-state index is 12.7. The molecule has 1 aliphatic heterocycles. The van der Waals surface area contributed by atoms with Gasteiger partial charge in [0.05, 0.1) is 28.3 Å². The summed E-state index contributed by atoms with van der Waals surface area (Å²) in [5, 5.41) is 3.84. The Labute approximate surface area is 189 Å². The molecule has 8 heteroatoms. The molecule has 5 rings (SSSR count). The van der Waals surface area contributed by atoms with Gasteiger partial charge in [-0.25, -0.2) is 4.98 Å². The summed E-state index contributed by atoms with van der Waals surface area (Å²) in [6.45, 7) is 2.07. The Kier molecular flexibility index (Phi) is 6.00. The highest BCUT2D eigenvalue weighted by Gasteiger charge is 2.20. The van der Waals surface area contributed by atoms with Gasteiger partial charge >= 0.3 is 0 Å². The number of nitrogens with one attached hydrogen (secondary N) is 2. The zero-order valence-corrected chi connectivity index (χ0v) is 19.0. The molecule has 1 amide bonds. The molecular weight excluding hydrogens is 428 g/mol. The molecule has 0 atom stereocenters. The molecule has 6 nitrogen and oxygen atoms in total. The predicted molar refractivity (Wildman–Crippen MR) is 130 cm³/mol. The van der Waals surface area contributed by atoms with Gasteiger partial charge in [0.25, 0.3) is 5.56 Å². The Morgan fingerprint density at radius 2 is 1.97 bits per heavy atom. The second-order valence-electron chi connectivity index (χ2n) is 8.16. The quantitative estimate of drug-likeness (QED) is 0.579. The fraction of sp³-hybridized carbons (Fsp3) is 0.435. The van der Waals surface area contributed by atoms with Crippen molar-refractivity contribution in [2.24, 2.45) is 0 Å². The van der Waals surface area contributed by atoms with Crippen molar-refractivity contribution in [3.8, 4) is 0 Å². The van der Waals surface area contributed by atoms with E-state index < -0.39 is 0 Å². The summed E-state index contributed by atoms with van der Waals surface area (Å²) in [5.74, 6) is 1.43. The number of para-hydroxylation sites is 2. The largest absolute Gasteiger partial charge is 0.370 e. The predicted octanol–water partition coefficient (Wildman–Crippen LogP) is 4.34. The third-order valence-electron chi connectivity index (χ3n) is 5.97. The molecule has 0 bridgehead atoms. The van der Waals surface area contributed by atoms with Crippen LogP contribution in [0.25, 0.3) is 10.2 Å². The molecule has 1 saturated heterocycles. The van der Waals surface area contributed by atoms with E-state index in [4.69, 9.17) is 4.98 Å². The van der Waals surface area contributed by atoms with Crippen molar-refractivity contribution in [3.63, 3.8) is 0 Å². The molecule has 0 spiro atoms. The lowest BCUT2D eigenvalue weighted by Gasteiger charge is -2.21. The molecule has 2 aromatic heterocycles. The highest BCUT2D eigenvalue weighted by Crippen LogP contribution is 2.33. The minimum atomic E-state index is -0.0380. The minimum Gasteiger partial charge on any atom is -0.370 e. The maximum Gasteiger partial charge on any atom is 0.259 e. The van der Waals surface area contributed by atoms with E-state index >= 15 is 0 Å². The monoisotopic (exact) mass is 454 g/mol. The van der Waals surface area contributed by atoms with E-state index in [0.717, 1.165) is 53.9 Å². The highest BCUT2D eigenvalue weighted by molar-refractivity contribution is 7.99. The van der Waals surface area contributed by atoms with Crippen LogP contribution in [0.4, 0.5) is 11.4 Å². The molecule has 1 fully saturated rings. The van der Waals surface area contributed by atoms with Gasteiger partial charge in [-0.1, -0.05) is 12.1 Å². The van der Waals surface area contributed by atoms with E-state index in [0.29, 0.717) is 17.3 Å². The number of amides is 1. The lowest BCUT2D eigenvalue weighted by molar-refractivity contribution is -0.113. The number of anilines is 2. The Hall–Kier alpha value is -2.32. The van der Waals surface area contributed by atoms with Gasteiger partial charge in [0.1, 0.15) is 10.7 Å². The van der Waals surface area contributed by atoms with E-state index in [1.54, 1.807) is 11.3 Å². The molecule has 0 unspecified atom stereocenters. The summed E-state index contributed by atoms with van der Waals surface area (Å²) in [7, 11) is 0. The van der Waals surface area contributed by atoms with Gasteiger partial charge < -0.3 is 15.2 Å². The van der Waals surface area contributed by atoms with Crippen LogP contribution in [0.15, 0.2) is 29.1 Å². The SMILES string of the molecule is O=C(CSCc1nc2sc3c(c2c(=O)[nH]1)CCCC3)Nc1ccccc1N1CCCC1. The van der Waals surface area contributed by atoms with Gasteiger partial charge in [-0.05, 0) is 56.2 Å². The number of carbonyl (C=O) groups is 1. The Bertz CT molecular complexity index is 1160. The van der Waals surface area contributed by atoms with Crippen molar-refractivity contribution in [3.05, 3.63) is 50.9 Å². The lowest BCUT2D eigenvalue weighted by Crippen LogP contribution is -2.21. The number of benzene rings is 1. The smallest absolute Gasteiger partial charge is 0.259 e. The molecule has 2 aliphatic rings. The van der Waals surface area contributed by atoms with Crippen LogP contribution >= 0.6 is 23.1 Å². The van der Waals surface area contributed by atoms with Crippen LogP contribution in [0.1, 0.15) is 41.9 Å². The minimum absolute atomic E-state index is 0.0355. The molecule has 3 heterocycles. The van der Waals surface area contributed by atoms with Crippen molar-refractivity contribution in [1.29, 1.82) is 0 Å². The number of hydrogen-bond donors (Lipinski definition) is 2. The first-order valence-corrected chi connectivity index (χ1v) is 12.9. The number of carbonyl (C=O) groups excluding carboxylic acids is 1. The van der Waals surface area contributed by atoms with Crippen LogP contribution in [0.3, 0.4) is 0 Å². The van der Waals surface area contributed by atoms with Gasteiger partial charge in [0, 0.05) is 18.0 Å². The van der Waals surface area contributed by atoms with Crippen LogP contribution in [0.5, 0.6) is 0 Å². The van der Waals surface area contributed by atoms with Crippen molar-refractivity contribution in [2.75, 3.05) is 29.1 Å². The number of thiophene rings is 1. The number of hydrogen-bond acceptors (Lipinski definition) is 6. The van der Waals surface area contributed by atoms with Crippen molar-refractivity contribution in [1.82, 2.24) is 9.97 Å². The first-order valence-electron chi connectivity index (χ1n) is 10.9. The molecule has 2 N–H and O–H groups in total. The first-order chi connectivity index (χ1) is 15.2. The van der Waals surface area contributed by atoms with Crippen LogP contribution in [-0.4, -0.2) is 34.7 Å². The fourth-order valence-corrected chi connectivity index (χ4v) is 6.49. The first kappa shape index (κ1) is 20.6. The summed E-state index contributed by atoms with van der Waals surface area (Å²) in [4.78, 5) is 37.3. The van der Waals surface area contributed by atoms with Gasteiger partial charge in [0.2, 0.25) is 5.91 Å². The van der Waals surface area contributed by atoms with Crippen LogP contribution < -0.4 is 15.8 Å². The second-order valence-corrected chi connectivity index (χ2v) is 10.2.